The standard InChI is InChI=1S/C26H30ClFN2O3/c1-26(2)13-17-10-18(16-4-5-22(32-3)20(27)11-16)21(28)12-19(17)24(26)29-25(31)33-23-14-30-8-6-15(23)7-9-30/h4-5,10-12,15,23-24H,6-9,13-14H2,1-3H3,(H,29,31)/t23-,24+/m1/s1. The van der Waals surface area contributed by atoms with Crippen molar-refractivity contribution in [2.24, 2.45) is 11.3 Å². The van der Waals surface area contributed by atoms with Gasteiger partial charge in [0, 0.05) is 12.1 Å². The molecule has 3 saturated heterocycles. The van der Waals surface area contributed by atoms with Gasteiger partial charge in [-0.1, -0.05) is 31.5 Å². The summed E-state index contributed by atoms with van der Waals surface area (Å²) >= 11 is 6.27. The van der Waals surface area contributed by atoms with Crippen LogP contribution in [0.1, 0.15) is 43.9 Å². The van der Waals surface area contributed by atoms with Crippen molar-refractivity contribution in [3.8, 4) is 16.9 Å². The van der Waals surface area contributed by atoms with Crippen LogP contribution in [0, 0.1) is 17.2 Å². The number of piperidine rings is 3. The fourth-order valence-corrected chi connectivity index (χ4v) is 5.99. The zero-order valence-electron chi connectivity index (χ0n) is 19.3. The lowest BCUT2D eigenvalue weighted by Crippen LogP contribution is -2.53. The van der Waals surface area contributed by atoms with E-state index in [2.05, 4.69) is 24.1 Å². The number of hydrogen-bond acceptors (Lipinski definition) is 4. The van der Waals surface area contributed by atoms with E-state index in [1.807, 2.05) is 6.07 Å². The molecule has 4 aliphatic rings. The summed E-state index contributed by atoms with van der Waals surface area (Å²) in [5, 5.41) is 3.49. The Kier molecular flexibility index (Phi) is 5.78. The fraction of sp³-hybridized carbons (Fsp3) is 0.500. The molecule has 3 heterocycles. The predicted octanol–water partition coefficient (Wildman–Crippen LogP) is 5.60. The molecule has 1 N–H and O–H groups in total. The van der Waals surface area contributed by atoms with E-state index in [4.69, 9.17) is 21.1 Å². The van der Waals surface area contributed by atoms with Gasteiger partial charge in [-0.15, -0.1) is 0 Å². The lowest BCUT2D eigenvalue weighted by Gasteiger charge is -2.44. The molecule has 2 aromatic rings. The molecular formula is C26H30ClFN2O3. The van der Waals surface area contributed by atoms with E-state index < -0.39 is 6.09 Å². The average Bonchev–Trinajstić information content (AvgIpc) is 3.02. The number of rotatable bonds is 4. The van der Waals surface area contributed by atoms with Gasteiger partial charge >= 0.3 is 6.09 Å². The maximum absolute atomic E-state index is 15.3. The molecule has 5 nitrogen and oxygen atoms in total. The molecule has 176 valence electrons. The van der Waals surface area contributed by atoms with Crippen LogP contribution in [-0.2, 0) is 11.2 Å². The van der Waals surface area contributed by atoms with Gasteiger partial charge in [0.05, 0.1) is 18.2 Å². The lowest BCUT2D eigenvalue weighted by atomic mass is 9.85. The van der Waals surface area contributed by atoms with Crippen molar-refractivity contribution in [3.05, 3.63) is 52.3 Å². The van der Waals surface area contributed by atoms with Crippen LogP contribution in [0.25, 0.3) is 11.1 Å². The highest BCUT2D eigenvalue weighted by molar-refractivity contribution is 6.32. The zero-order chi connectivity index (χ0) is 23.3. The first-order valence-corrected chi connectivity index (χ1v) is 12.0. The summed E-state index contributed by atoms with van der Waals surface area (Å²) < 4.78 is 26.3. The first-order valence-electron chi connectivity index (χ1n) is 11.6. The Hall–Kier alpha value is -2.31. The summed E-state index contributed by atoms with van der Waals surface area (Å²) in [6.45, 7) is 7.18. The quantitative estimate of drug-likeness (QED) is 0.629. The second-order valence-electron chi connectivity index (χ2n) is 10.2. The van der Waals surface area contributed by atoms with Crippen molar-refractivity contribution in [2.75, 3.05) is 26.7 Å². The largest absolute Gasteiger partial charge is 0.495 e. The van der Waals surface area contributed by atoms with E-state index in [1.165, 1.54) is 0 Å². The van der Waals surface area contributed by atoms with Crippen LogP contribution in [0.15, 0.2) is 30.3 Å². The van der Waals surface area contributed by atoms with Gasteiger partial charge in [0.15, 0.2) is 0 Å². The Morgan fingerprint density at radius 3 is 2.61 bits per heavy atom. The van der Waals surface area contributed by atoms with E-state index in [9.17, 15) is 4.79 Å². The summed E-state index contributed by atoms with van der Waals surface area (Å²) in [4.78, 5) is 15.2. The number of methoxy groups -OCH3 is 1. The van der Waals surface area contributed by atoms with Crippen molar-refractivity contribution >= 4 is 17.7 Å². The molecule has 0 aromatic heterocycles. The number of halogens is 2. The number of ether oxygens (including phenoxy) is 2. The zero-order valence-corrected chi connectivity index (χ0v) is 20.0. The van der Waals surface area contributed by atoms with E-state index in [1.54, 1.807) is 31.4 Å². The summed E-state index contributed by atoms with van der Waals surface area (Å²) in [5.41, 5.74) is 2.75. The molecule has 1 aliphatic carbocycles. The van der Waals surface area contributed by atoms with Crippen LogP contribution in [0.4, 0.5) is 9.18 Å². The Bertz CT molecular complexity index is 1080. The summed E-state index contributed by atoms with van der Waals surface area (Å²) in [6.07, 6.45) is 2.42. The Morgan fingerprint density at radius 1 is 1.21 bits per heavy atom. The summed E-state index contributed by atoms with van der Waals surface area (Å²) in [5.74, 6) is 0.653. The smallest absolute Gasteiger partial charge is 0.407 e. The second kappa shape index (κ2) is 8.48. The number of carbonyl (C=O) groups excluding carboxylic acids is 1. The molecular weight excluding hydrogens is 443 g/mol. The van der Waals surface area contributed by atoms with Crippen LogP contribution >= 0.6 is 11.6 Å². The Balaban J connectivity index is 1.37. The minimum absolute atomic E-state index is 0.0598. The molecule has 6 rings (SSSR count). The maximum Gasteiger partial charge on any atom is 0.407 e. The SMILES string of the molecule is COc1ccc(-c2cc3c(cc2F)[C@H](NC(=O)O[C@@H]2CN4CCC2CC4)C(C)(C)C3)cc1Cl. The third-order valence-electron chi connectivity index (χ3n) is 7.55. The van der Waals surface area contributed by atoms with Gasteiger partial charge in [-0.25, -0.2) is 9.18 Å². The van der Waals surface area contributed by atoms with Gasteiger partial charge in [-0.05, 0) is 84.6 Å². The Morgan fingerprint density at radius 2 is 1.97 bits per heavy atom. The third-order valence-corrected chi connectivity index (χ3v) is 7.84. The highest BCUT2D eigenvalue weighted by Gasteiger charge is 2.42. The number of amides is 1. The minimum atomic E-state index is -0.411. The van der Waals surface area contributed by atoms with Gasteiger partial charge in [0.1, 0.15) is 17.7 Å². The van der Waals surface area contributed by atoms with Crippen molar-refractivity contribution in [3.63, 3.8) is 0 Å². The number of benzene rings is 2. The van der Waals surface area contributed by atoms with Gasteiger partial charge in [0.25, 0.3) is 0 Å². The van der Waals surface area contributed by atoms with Gasteiger partial charge in [0.2, 0.25) is 0 Å². The number of nitrogens with one attached hydrogen (secondary N) is 1. The molecule has 1 amide bonds. The van der Waals surface area contributed by atoms with Crippen LogP contribution in [0.5, 0.6) is 5.75 Å². The Labute approximate surface area is 199 Å². The first-order chi connectivity index (χ1) is 15.7. The number of carbonyl (C=O) groups is 1. The van der Waals surface area contributed by atoms with Crippen LogP contribution in [-0.4, -0.2) is 43.8 Å². The van der Waals surface area contributed by atoms with Crippen LogP contribution < -0.4 is 10.1 Å². The molecule has 2 atom stereocenters. The van der Waals surface area contributed by atoms with Gasteiger partial charge < -0.3 is 14.8 Å². The molecule has 2 aromatic carbocycles. The van der Waals surface area contributed by atoms with E-state index in [-0.39, 0.29) is 23.4 Å². The molecule has 0 saturated carbocycles. The molecule has 0 unspecified atom stereocenters. The number of fused-ring (bicyclic) bond motifs is 4. The van der Waals surface area contributed by atoms with Crippen molar-refractivity contribution in [2.45, 2.75) is 45.3 Å². The first kappa shape index (κ1) is 22.5. The molecule has 2 bridgehead atoms. The number of alkyl carbamates (subject to hydrolysis) is 1. The molecule has 3 fully saturated rings. The predicted molar refractivity (Wildman–Crippen MR) is 126 cm³/mol. The van der Waals surface area contributed by atoms with Crippen molar-refractivity contribution in [1.29, 1.82) is 0 Å². The summed E-state index contributed by atoms with van der Waals surface area (Å²) in [7, 11) is 1.55. The average molecular weight is 473 g/mol. The topological polar surface area (TPSA) is 50.8 Å². The molecule has 33 heavy (non-hydrogen) atoms. The third kappa shape index (κ3) is 4.19. The van der Waals surface area contributed by atoms with Crippen molar-refractivity contribution < 1.29 is 18.7 Å². The molecule has 3 aliphatic heterocycles. The minimum Gasteiger partial charge on any atom is -0.495 e. The fourth-order valence-electron chi connectivity index (χ4n) is 5.73. The maximum atomic E-state index is 15.3. The van der Waals surface area contributed by atoms with Crippen LogP contribution in [0.3, 0.4) is 0 Å². The number of hydrogen-bond donors (Lipinski definition) is 1. The molecule has 7 heteroatoms. The molecule has 0 spiro atoms. The summed E-state index contributed by atoms with van der Waals surface area (Å²) in [6, 6.07) is 8.37. The van der Waals surface area contributed by atoms with E-state index >= 15 is 4.39 Å². The normalized spacial score (nSPS) is 27.2. The second-order valence-corrected chi connectivity index (χ2v) is 10.6. The van der Waals surface area contributed by atoms with Crippen molar-refractivity contribution in [1.82, 2.24) is 10.2 Å². The monoisotopic (exact) mass is 472 g/mol. The van der Waals surface area contributed by atoms with Crippen LogP contribution in [0.2, 0.25) is 5.02 Å². The highest BCUT2D eigenvalue weighted by atomic mass is 35.5. The molecule has 0 radical (unpaired) electrons. The van der Waals surface area contributed by atoms with Gasteiger partial charge in [-0.3, -0.25) is 4.90 Å². The van der Waals surface area contributed by atoms with E-state index in [0.717, 1.165) is 50.0 Å². The van der Waals surface area contributed by atoms with E-state index in [0.29, 0.717) is 27.8 Å². The lowest BCUT2D eigenvalue weighted by molar-refractivity contribution is -0.0349. The van der Waals surface area contributed by atoms with Gasteiger partial charge in [-0.2, -0.15) is 0 Å². The number of nitrogens with zero attached hydrogens (tertiary/aromatic N) is 1. The highest BCUT2D eigenvalue weighted by Crippen LogP contribution is 2.47.